The summed E-state index contributed by atoms with van der Waals surface area (Å²) in [5.74, 6) is 0.149. The summed E-state index contributed by atoms with van der Waals surface area (Å²) in [7, 11) is 0. The van der Waals surface area contributed by atoms with Gasteiger partial charge in [0, 0.05) is 17.1 Å². The van der Waals surface area contributed by atoms with Crippen molar-refractivity contribution in [1.82, 2.24) is 0 Å². The Kier molecular flexibility index (Phi) is 3.43. The van der Waals surface area contributed by atoms with Crippen LogP contribution >= 0.6 is 11.8 Å². The first-order valence-electron chi connectivity index (χ1n) is 5.65. The summed E-state index contributed by atoms with van der Waals surface area (Å²) < 4.78 is 0. The van der Waals surface area contributed by atoms with Crippen molar-refractivity contribution in [3.8, 4) is 0 Å². The average Bonchev–Trinajstić information content (AvgIpc) is 2.33. The van der Waals surface area contributed by atoms with Crippen LogP contribution in [0.2, 0.25) is 0 Å². The third kappa shape index (κ3) is 2.17. The van der Waals surface area contributed by atoms with E-state index in [1.165, 1.54) is 0 Å². The van der Waals surface area contributed by atoms with Gasteiger partial charge in [0.05, 0.1) is 10.9 Å². The number of hydrogen-bond donors (Lipinski definition) is 1. The molecule has 1 aromatic carbocycles. The lowest BCUT2D eigenvalue weighted by molar-refractivity contribution is -0.118. The minimum atomic E-state index is 0.00562. The van der Waals surface area contributed by atoms with E-state index in [-0.39, 0.29) is 11.2 Å². The van der Waals surface area contributed by atoms with Crippen molar-refractivity contribution in [1.29, 1.82) is 0 Å². The molecule has 1 unspecified atom stereocenters. The SMILES string of the molecule is C=CCN1C(=O)C(CC)Sc2ccc(N)cc21. The van der Waals surface area contributed by atoms with Crippen molar-refractivity contribution >= 4 is 29.0 Å². The lowest BCUT2D eigenvalue weighted by Gasteiger charge is -2.32. The molecule has 1 amide bonds. The standard InChI is InChI=1S/C13H16N2OS/c1-3-7-15-10-8-9(14)5-6-12(10)17-11(4-2)13(15)16/h3,5-6,8,11H,1,4,7,14H2,2H3. The van der Waals surface area contributed by atoms with Crippen LogP contribution < -0.4 is 10.6 Å². The zero-order valence-electron chi connectivity index (χ0n) is 9.85. The van der Waals surface area contributed by atoms with E-state index in [4.69, 9.17) is 5.73 Å². The predicted octanol–water partition coefficient (Wildman–Crippen LogP) is 2.67. The maximum Gasteiger partial charge on any atom is 0.240 e. The molecule has 4 heteroatoms. The van der Waals surface area contributed by atoms with Crippen molar-refractivity contribution in [2.75, 3.05) is 17.2 Å². The fourth-order valence-electron chi connectivity index (χ4n) is 1.92. The first-order valence-corrected chi connectivity index (χ1v) is 6.53. The zero-order chi connectivity index (χ0) is 12.4. The number of carbonyl (C=O) groups is 1. The van der Waals surface area contributed by atoms with Gasteiger partial charge in [-0.15, -0.1) is 18.3 Å². The maximum absolute atomic E-state index is 12.2. The van der Waals surface area contributed by atoms with E-state index in [0.29, 0.717) is 12.2 Å². The Morgan fingerprint density at radius 1 is 1.59 bits per heavy atom. The van der Waals surface area contributed by atoms with Gasteiger partial charge >= 0.3 is 0 Å². The Morgan fingerprint density at radius 2 is 2.35 bits per heavy atom. The topological polar surface area (TPSA) is 46.3 Å². The van der Waals surface area contributed by atoms with Crippen LogP contribution in [0.1, 0.15) is 13.3 Å². The second kappa shape index (κ2) is 4.84. The van der Waals surface area contributed by atoms with Crippen LogP contribution in [-0.4, -0.2) is 17.7 Å². The quantitative estimate of drug-likeness (QED) is 0.661. The van der Waals surface area contributed by atoms with Crippen LogP contribution in [0.3, 0.4) is 0 Å². The van der Waals surface area contributed by atoms with Crippen molar-refractivity contribution in [3.63, 3.8) is 0 Å². The third-order valence-corrected chi connectivity index (χ3v) is 4.19. The number of rotatable bonds is 3. The number of nitrogens with two attached hydrogens (primary N) is 1. The molecule has 0 saturated carbocycles. The third-order valence-electron chi connectivity index (χ3n) is 2.77. The van der Waals surface area contributed by atoms with Crippen LogP contribution in [-0.2, 0) is 4.79 Å². The molecule has 17 heavy (non-hydrogen) atoms. The summed E-state index contributed by atoms with van der Waals surface area (Å²) in [6.45, 7) is 6.27. The van der Waals surface area contributed by atoms with Gasteiger partial charge in [-0.1, -0.05) is 13.0 Å². The smallest absolute Gasteiger partial charge is 0.240 e. The van der Waals surface area contributed by atoms with E-state index in [0.717, 1.165) is 17.0 Å². The summed E-state index contributed by atoms with van der Waals surface area (Å²) in [5, 5.41) is 0.00562. The Morgan fingerprint density at radius 3 is 3.00 bits per heavy atom. The molecule has 90 valence electrons. The molecule has 0 aromatic heterocycles. The minimum absolute atomic E-state index is 0.00562. The molecule has 0 fully saturated rings. The molecular weight excluding hydrogens is 232 g/mol. The molecule has 1 aromatic rings. The maximum atomic E-state index is 12.2. The van der Waals surface area contributed by atoms with Crippen molar-refractivity contribution in [3.05, 3.63) is 30.9 Å². The second-order valence-corrected chi connectivity index (χ2v) is 5.22. The number of fused-ring (bicyclic) bond motifs is 1. The van der Waals surface area contributed by atoms with E-state index in [2.05, 4.69) is 6.58 Å². The van der Waals surface area contributed by atoms with Gasteiger partial charge in [-0.25, -0.2) is 0 Å². The molecule has 2 rings (SSSR count). The molecule has 2 N–H and O–H groups in total. The van der Waals surface area contributed by atoms with E-state index >= 15 is 0 Å². The highest BCUT2D eigenvalue weighted by Crippen LogP contribution is 2.41. The summed E-state index contributed by atoms with van der Waals surface area (Å²) in [6, 6.07) is 5.72. The number of hydrogen-bond acceptors (Lipinski definition) is 3. The van der Waals surface area contributed by atoms with Gasteiger partial charge in [0.2, 0.25) is 5.91 Å². The first-order chi connectivity index (χ1) is 8.17. The minimum Gasteiger partial charge on any atom is -0.399 e. The molecule has 1 atom stereocenters. The van der Waals surface area contributed by atoms with Crippen LogP contribution in [0.5, 0.6) is 0 Å². The molecule has 3 nitrogen and oxygen atoms in total. The molecule has 0 radical (unpaired) electrons. The van der Waals surface area contributed by atoms with Gasteiger partial charge in [0.25, 0.3) is 0 Å². The fraction of sp³-hybridized carbons (Fsp3) is 0.308. The van der Waals surface area contributed by atoms with E-state index < -0.39 is 0 Å². The second-order valence-electron chi connectivity index (χ2n) is 3.98. The van der Waals surface area contributed by atoms with Gasteiger partial charge in [-0.3, -0.25) is 4.79 Å². The highest BCUT2D eigenvalue weighted by Gasteiger charge is 2.31. The summed E-state index contributed by atoms with van der Waals surface area (Å²) >= 11 is 1.62. The molecule has 1 heterocycles. The predicted molar refractivity (Wildman–Crippen MR) is 73.3 cm³/mol. The van der Waals surface area contributed by atoms with E-state index in [9.17, 15) is 4.79 Å². The van der Waals surface area contributed by atoms with E-state index in [1.54, 1.807) is 22.7 Å². The molecular formula is C13H16N2OS. The fourth-order valence-corrected chi connectivity index (χ4v) is 3.05. The van der Waals surface area contributed by atoms with Crippen LogP contribution in [0.4, 0.5) is 11.4 Å². The number of nitrogen functional groups attached to an aromatic ring is 1. The monoisotopic (exact) mass is 248 g/mol. The van der Waals surface area contributed by atoms with Gasteiger partial charge in [0.15, 0.2) is 0 Å². The van der Waals surface area contributed by atoms with Crippen molar-refractivity contribution < 1.29 is 4.79 Å². The largest absolute Gasteiger partial charge is 0.399 e. The Labute approximate surface area is 106 Å². The van der Waals surface area contributed by atoms with Gasteiger partial charge in [-0.2, -0.15) is 0 Å². The van der Waals surface area contributed by atoms with Crippen LogP contribution in [0, 0.1) is 0 Å². The van der Waals surface area contributed by atoms with Gasteiger partial charge < -0.3 is 10.6 Å². The lowest BCUT2D eigenvalue weighted by Crippen LogP contribution is -2.40. The lowest BCUT2D eigenvalue weighted by atomic mass is 10.2. The molecule has 0 bridgehead atoms. The number of nitrogens with zero attached hydrogens (tertiary/aromatic N) is 1. The number of thioether (sulfide) groups is 1. The molecule has 0 aliphatic carbocycles. The van der Waals surface area contributed by atoms with E-state index in [1.807, 2.05) is 25.1 Å². The van der Waals surface area contributed by atoms with Crippen LogP contribution in [0.15, 0.2) is 35.7 Å². The number of anilines is 2. The Bertz CT molecular complexity index is 459. The number of carbonyl (C=O) groups excluding carboxylic acids is 1. The van der Waals surface area contributed by atoms with Gasteiger partial charge in [-0.05, 0) is 24.6 Å². The number of amides is 1. The van der Waals surface area contributed by atoms with Crippen molar-refractivity contribution in [2.24, 2.45) is 0 Å². The summed E-state index contributed by atoms with van der Waals surface area (Å²) in [5.41, 5.74) is 7.37. The summed E-state index contributed by atoms with van der Waals surface area (Å²) in [6.07, 6.45) is 2.58. The van der Waals surface area contributed by atoms with Crippen LogP contribution in [0.25, 0.3) is 0 Å². The van der Waals surface area contributed by atoms with Crippen molar-refractivity contribution in [2.45, 2.75) is 23.5 Å². The molecule has 0 spiro atoms. The highest BCUT2D eigenvalue weighted by atomic mass is 32.2. The first kappa shape index (κ1) is 12.0. The molecule has 0 saturated heterocycles. The number of benzene rings is 1. The Hall–Kier alpha value is -1.42. The normalized spacial score (nSPS) is 19.0. The highest BCUT2D eigenvalue weighted by molar-refractivity contribution is 8.01. The van der Waals surface area contributed by atoms with Gasteiger partial charge in [0.1, 0.15) is 0 Å². The summed E-state index contributed by atoms with van der Waals surface area (Å²) in [4.78, 5) is 15.1. The molecule has 1 aliphatic rings. The average molecular weight is 248 g/mol. The molecule has 1 aliphatic heterocycles. The Balaban J connectivity index is 2.46. The zero-order valence-corrected chi connectivity index (χ0v) is 10.7.